The van der Waals surface area contributed by atoms with Gasteiger partial charge in [0.1, 0.15) is 5.82 Å². The number of hydrogen-bond acceptors (Lipinski definition) is 2. The maximum Gasteiger partial charge on any atom is 0.227 e. The highest BCUT2D eigenvalue weighted by Gasteiger charge is 2.11. The van der Waals surface area contributed by atoms with Gasteiger partial charge in [-0.05, 0) is 34.5 Å². The lowest BCUT2D eigenvalue weighted by molar-refractivity contribution is -0.118. The summed E-state index contributed by atoms with van der Waals surface area (Å²) in [6.07, 6.45) is 6.80. The van der Waals surface area contributed by atoms with Crippen LogP contribution in [0, 0.1) is 0 Å². The van der Waals surface area contributed by atoms with Gasteiger partial charge in [0.15, 0.2) is 0 Å². The molecule has 1 aromatic heterocycles. The van der Waals surface area contributed by atoms with E-state index in [1.807, 2.05) is 12.1 Å². The molecule has 0 saturated heterocycles. The van der Waals surface area contributed by atoms with Crippen molar-refractivity contribution in [2.45, 2.75) is 39.0 Å². The first kappa shape index (κ1) is 14.2. The van der Waals surface area contributed by atoms with Crippen molar-refractivity contribution >= 4 is 27.7 Å². The number of pyridine rings is 1. The summed E-state index contributed by atoms with van der Waals surface area (Å²) in [4.78, 5) is 17.7. The Morgan fingerprint density at radius 3 is 2.71 bits per heavy atom. The van der Waals surface area contributed by atoms with Crippen LogP contribution in [-0.2, 0) is 4.79 Å². The molecule has 1 rings (SSSR count). The smallest absolute Gasteiger partial charge is 0.227 e. The van der Waals surface area contributed by atoms with E-state index in [2.05, 4.69) is 27.8 Å². The van der Waals surface area contributed by atoms with Crippen LogP contribution in [0.4, 0.5) is 5.82 Å². The molecule has 0 saturated carbocycles. The summed E-state index contributed by atoms with van der Waals surface area (Å²) in [7, 11) is 1.78. The summed E-state index contributed by atoms with van der Waals surface area (Å²) >= 11 is 3.32. The van der Waals surface area contributed by atoms with E-state index in [-0.39, 0.29) is 5.91 Å². The standard InChI is InChI=1S/C13H19BrN2O/c1-3-4-5-6-7-13(17)16(2)12-9-8-11(14)10-15-12/h8-10H,3-7H2,1-2H3. The summed E-state index contributed by atoms with van der Waals surface area (Å²) in [5.74, 6) is 0.838. The van der Waals surface area contributed by atoms with E-state index in [0.29, 0.717) is 12.2 Å². The lowest BCUT2D eigenvalue weighted by atomic mass is 10.1. The predicted octanol–water partition coefficient (Wildman–Crippen LogP) is 3.78. The van der Waals surface area contributed by atoms with Crippen LogP contribution in [0.3, 0.4) is 0 Å². The number of anilines is 1. The van der Waals surface area contributed by atoms with Crippen LogP contribution in [-0.4, -0.2) is 17.9 Å². The van der Waals surface area contributed by atoms with E-state index in [1.165, 1.54) is 12.8 Å². The first-order valence-electron chi connectivity index (χ1n) is 6.03. The minimum atomic E-state index is 0.135. The van der Waals surface area contributed by atoms with Crippen molar-refractivity contribution in [1.29, 1.82) is 0 Å². The molecule has 1 aromatic rings. The number of carbonyl (C=O) groups excluding carboxylic acids is 1. The van der Waals surface area contributed by atoms with Crippen molar-refractivity contribution in [2.24, 2.45) is 0 Å². The van der Waals surface area contributed by atoms with Crippen LogP contribution >= 0.6 is 15.9 Å². The number of nitrogens with zero attached hydrogens (tertiary/aromatic N) is 2. The van der Waals surface area contributed by atoms with E-state index in [9.17, 15) is 4.79 Å². The average Bonchev–Trinajstić information content (AvgIpc) is 2.34. The largest absolute Gasteiger partial charge is 0.300 e. The Balaban J connectivity index is 2.43. The summed E-state index contributed by atoms with van der Waals surface area (Å²) in [5, 5.41) is 0. The Bertz CT molecular complexity index is 351. The van der Waals surface area contributed by atoms with Gasteiger partial charge in [-0.2, -0.15) is 0 Å². The SMILES string of the molecule is CCCCCCC(=O)N(C)c1ccc(Br)cn1. The van der Waals surface area contributed by atoms with Gasteiger partial charge in [-0.15, -0.1) is 0 Å². The maximum atomic E-state index is 11.9. The fourth-order valence-corrected chi connectivity index (χ4v) is 1.80. The minimum absolute atomic E-state index is 0.135. The summed E-state index contributed by atoms with van der Waals surface area (Å²) < 4.78 is 0.921. The Morgan fingerprint density at radius 2 is 2.12 bits per heavy atom. The Hall–Kier alpha value is -0.900. The molecule has 0 atom stereocenters. The van der Waals surface area contributed by atoms with E-state index < -0.39 is 0 Å². The number of hydrogen-bond donors (Lipinski definition) is 0. The molecule has 0 N–H and O–H groups in total. The van der Waals surface area contributed by atoms with Crippen LogP contribution in [0.1, 0.15) is 39.0 Å². The molecule has 17 heavy (non-hydrogen) atoms. The molecule has 1 amide bonds. The van der Waals surface area contributed by atoms with Gasteiger partial charge in [-0.1, -0.05) is 26.2 Å². The van der Waals surface area contributed by atoms with E-state index in [1.54, 1.807) is 18.1 Å². The normalized spacial score (nSPS) is 10.3. The first-order chi connectivity index (χ1) is 8.15. The Labute approximate surface area is 111 Å². The van der Waals surface area contributed by atoms with Gasteiger partial charge in [0.2, 0.25) is 5.91 Å². The second kappa shape index (κ2) is 7.43. The molecular weight excluding hydrogens is 280 g/mol. The molecule has 0 aliphatic rings. The molecule has 0 aliphatic heterocycles. The van der Waals surface area contributed by atoms with Crippen molar-refractivity contribution in [3.05, 3.63) is 22.8 Å². The fraction of sp³-hybridized carbons (Fsp3) is 0.538. The lowest BCUT2D eigenvalue weighted by Crippen LogP contribution is -2.26. The van der Waals surface area contributed by atoms with Crippen molar-refractivity contribution < 1.29 is 4.79 Å². The lowest BCUT2D eigenvalue weighted by Gasteiger charge is -2.16. The molecule has 0 aromatic carbocycles. The van der Waals surface area contributed by atoms with Crippen LogP contribution in [0.25, 0.3) is 0 Å². The van der Waals surface area contributed by atoms with Gasteiger partial charge in [0.05, 0.1) is 0 Å². The van der Waals surface area contributed by atoms with Gasteiger partial charge in [-0.3, -0.25) is 9.69 Å². The third kappa shape index (κ3) is 4.86. The molecule has 0 unspecified atom stereocenters. The molecule has 0 bridgehead atoms. The molecule has 0 spiro atoms. The minimum Gasteiger partial charge on any atom is -0.300 e. The predicted molar refractivity (Wildman–Crippen MR) is 74.1 cm³/mol. The van der Waals surface area contributed by atoms with E-state index >= 15 is 0 Å². The quantitative estimate of drug-likeness (QED) is 0.749. The highest BCUT2D eigenvalue weighted by molar-refractivity contribution is 9.10. The van der Waals surface area contributed by atoms with Crippen molar-refractivity contribution in [1.82, 2.24) is 4.98 Å². The molecule has 1 heterocycles. The van der Waals surface area contributed by atoms with Crippen LogP contribution < -0.4 is 4.90 Å². The summed E-state index contributed by atoms with van der Waals surface area (Å²) in [5.41, 5.74) is 0. The average molecular weight is 299 g/mol. The van der Waals surface area contributed by atoms with E-state index in [0.717, 1.165) is 17.3 Å². The molecule has 94 valence electrons. The topological polar surface area (TPSA) is 33.2 Å². The number of halogens is 1. The number of rotatable bonds is 6. The monoisotopic (exact) mass is 298 g/mol. The molecule has 0 aliphatic carbocycles. The third-order valence-corrected chi connectivity index (χ3v) is 3.14. The summed E-state index contributed by atoms with van der Waals surface area (Å²) in [6, 6.07) is 3.73. The highest BCUT2D eigenvalue weighted by atomic mass is 79.9. The molecule has 0 fully saturated rings. The highest BCUT2D eigenvalue weighted by Crippen LogP contribution is 2.15. The molecule has 0 radical (unpaired) electrons. The fourth-order valence-electron chi connectivity index (χ4n) is 1.56. The molecule has 4 heteroatoms. The van der Waals surface area contributed by atoms with Crippen LogP contribution in [0.15, 0.2) is 22.8 Å². The zero-order valence-corrected chi connectivity index (χ0v) is 12.0. The van der Waals surface area contributed by atoms with Gasteiger partial charge in [0.25, 0.3) is 0 Å². The first-order valence-corrected chi connectivity index (χ1v) is 6.82. The number of unbranched alkanes of at least 4 members (excludes halogenated alkanes) is 3. The maximum absolute atomic E-state index is 11.9. The van der Waals surface area contributed by atoms with Crippen molar-refractivity contribution in [3.8, 4) is 0 Å². The number of carbonyl (C=O) groups is 1. The zero-order valence-electron chi connectivity index (χ0n) is 10.4. The van der Waals surface area contributed by atoms with Gasteiger partial charge in [-0.25, -0.2) is 4.98 Å². The van der Waals surface area contributed by atoms with Crippen molar-refractivity contribution in [2.75, 3.05) is 11.9 Å². The molecular formula is C13H19BrN2O. The van der Waals surface area contributed by atoms with Crippen LogP contribution in [0.5, 0.6) is 0 Å². The Morgan fingerprint density at radius 1 is 1.35 bits per heavy atom. The van der Waals surface area contributed by atoms with Crippen LogP contribution in [0.2, 0.25) is 0 Å². The van der Waals surface area contributed by atoms with Gasteiger partial charge in [0, 0.05) is 24.1 Å². The zero-order chi connectivity index (χ0) is 12.7. The van der Waals surface area contributed by atoms with Gasteiger partial charge >= 0.3 is 0 Å². The number of amides is 1. The second-order valence-corrected chi connectivity index (χ2v) is 5.01. The van der Waals surface area contributed by atoms with E-state index in [4.69, 9.17) is 0 Å². The Kier molecular flexibility index (Phi) is 6.19. The second-order valence-electron chi connectivity index (χ2n) is 4.10. The number of aromatic nitrogens is 1. The third-order valence-electron chi connectivity index (χ3n) is 2.67. The van der Waals surface area contributed by atoms with Crippen molar-refractivity contribution in [3.63, 3.8) is 0 Å². The summed E-state index contributed by atoms with van der Waals surface area (Å²) in [6.45, 7) is 2.17. The molecule has 3 nitrogen and oxygen atoms in total. The van der Waals surface area contributed by atoms with Gasteiger partial charge < -0.3 is 0 Å².